The quantitative estimate of drug-likeness (QED) is 0.297. The molecule has 1 heteroatoms. The summed E-state index contributed by atoms with van der Waals surface area (Å²) in [6, 6.07) is 1.55. The van der Waals surface area contributed by atoms with Crippen LogP contribution in [0.4, 0.5) is 0 Å². The Morgan fingerprint density at radius 2 is 1.56 bits per heavy atom. The molecule has 0 amide bonds. The molecule has 1 radical (unpaired) electrons. The summed E-state index contributed by atoms with van der Waals surface area (Å²) >= 11 is 0. The fourth-order valence-electron chi connectivity index (χ4n) is 4.48. The summed E-state index contributed by atoms with van der Waals surface area (Å²) in [5.41, 5.74) is 0. The zero-order chi connectivity index (χ0) is 18.3. The van der Waals surface area contributed by atoms with Crippen LogP contribution in [-0.2, 0) is 0 Å². The average Bonchev–Trinajstić information content (AvgIpc) is 2.65. The minimum atomic E-state index is 0.743. The monoisotopic (exact) mass is 350 g/mol. The van der Waals surface area contributed by atoms with Crippen molar-refractivity contribution < 1.29 is 0 Å². The maximum Gasteiger partial charge on any atom is 0.00696 e. The van der Waals surface area contributed by atoms with E-state index in [9.17, 15) is 0 Å². The highest BCUT2D eigenvalue weighted by Crippen LogP contribution is 2.31. The minimum Gasteiger partial charge on any atom is -0.311 e. The van der Waals surface area contributed by atoms with Crippen LogP contribution in [0, 0.1) is 11.8 Å². The molecule has 0 aliphatic heterocycles. The second-order valence-corrected chi connectivity index (χ2v) is 8.66. The Kier molecular flexibility index (Phi) is 13.9. The summed E-state index contributed by atoms with van der Waals surface area (Å²) in [4.78, 5) is 0. The van der Waals surface area contributed by atoms with Gasteiger partial charge in [0.05, 0.1) is 0 Å². The van der Waals surface area contributed by atoms with Crippen LogP contribution in [0.5, 0.6) is 0 Å². The molecule has 0 aromatic rings. The minimum absolute atomic E-state index is 0.743. The maximum absolute atomic E-state index is 4.01. The van der Waals surface area contributed by atoms with Crippen LogP contribution in [0.1, 0.15) is 130 Å². The smallest absolute Gasteiger partial charge is 0.00696 e. The van der Waals surface area contributed by atoms with E-state index in [1.807, 2.05) is 5.92 Å². The topological polar surface area (TPSA) is 12.0 Å². The first-order valence-electron chi connectivity index (χ1n) is 11.8. The summed E-state index contributed by atoms with van der Waals surface area (Å²) in [5.74, 6) is 2.72. The van der Waals surface area contributed by atoms with E-state index in [0.717, 1.165) is 18.0 Å². The van der Waals surface area contributed by atoms with Crippen molar-refractivity contribution in [2.45, 2.75) is 143 Å². The Morgan fingerprint density at radius 1 is 0.840 bits per heavy atom. The Balaban J connectivity index is 2.40. The molecule has 1 fully saturated rings. The first-order chi connectivity index (χ1) is 12.2. The molecule has 1 N–H and O–H groups in total. The normalized spacial score (nSPS) is 18.6. The van der Waals surface area contributed by atoms with Crippen LogP contribution in [0.25, 0.3) is 0 Å². The summed E-state index contributed by atoms with van der Waals surface area (Å²) in [6.45, 7) is 9.52. The predicted octanol–water partition coefficient (Wildman–Crippen LogP) is 7.84. The first-order valence-corrected chi connectivity index (χ1v) is 11.8. The standard InChI is InChI=1S/C24H48N/c1-5-8-10-12-16-22(21(4)15-9-6-2)19-20-23(7-3)25-24-17-13-11-14-18-24/h21,23-25H,5-20H2,1-4H3. The van der Waals surface area contributed by atoms with Crippen LogP contribution in [0.2, 0.25) is 0 Å². The third-order valence-corrected chi connectivity index (χ3v) is 6.42. The van der Waals surface area contributed by atoms with E-state index in [-0.39, 0.29) is 0 Å². The summed E-state index contributed by atoms with van der Waals surface area (Å²) in [7, 11) is 0. The molecule has 0 spiro atoms. The molecular weight excluding hydrogens is 302 g/mol. The van der Waals surface area contributed by atoms with Gasteiger partial charge in [-0.2, -0.15) is 0 Å². The SMILES string of the molecule is CCCCCC[C](CCC(CC)NC1CCCCC1)C(C)CCCC. The molecule has 0 aromatic heterocycles. The molecule has 1 aliphatic carbocycles. The molecular formula is C24H48N. The van der Waals surface area contributed by atoms with Crippen LogP contribution in [-0.4, -0.2) is 12.1 Å². The molecule has 2 atom stereocenters. The second-order valence-electron chi connectivity index (χ2n) is 8.66. The first kappa shape index (κ1) is 23.0. The number of nitrogens with one attached hydrogen (secondary N) is 1. The molecule has 149 valence electrons. The molecule has 2 unspecified atom stereocenters. The van der Waals surface area contributed by atoms with Crippen LogP contribution >= 0.6 is 0 Å². The van der Waals surface area contributed by atoms with Gasteiger partial charge in [0.2, 0.25) is 0 Å². The number of rotatable bonds is 15. The predicted molar refractivity (Wildman–Crippen MR) is 114 cm³/mol. The zero-order valence-electron chi connectivity index (χ0n) is 18.0. The third kappa shape index (κ3) is 10.6. The molecule has 0 bridgehead atoms. The van der Waals surface area contributed by atoms with Crippen molar-refractivity contribution in [3.8, 4) is 0 Å². The molecule has 1 aliphatic rings. The fourth-order valence-corrected chi connectivity index (χ4v) is 4.48. The van der Waals surface area contributed by atoms with E-state index < -0.39 is 0 Å². The van der Waals surface area contributed by atoms with Gasteiger partial charge in [0.15, 0.2) is 0 Å². The summed E-state index contributed by atoms with van der Waals surface area (Å²) < 4.78 is 0. The van der Waals surface area contributed by atoms with Crippen LogP contribution in [0.15, 0.2) is 0 Å². The lowest BCUT2D eigenvalue weighted by Crippen LogP contribution is -2.39. The highest BCUT2D eigenvalue weighted by Gasteiger charge is 2.21. The fraction of sp³-hybridized carbons (Fsp3) is 0.958. The van der Waals surface area contributed by atoms with Gasteiger partial charge in [0.25, 0.3) is 0 Å². The van der Waals surface area contributed by atoms with Gasteiger partial charge < -0.3 is 5.32 Å². The van der Waals surface area contributed by atoms with Crippen LogP contribution < -0.4 is 5.32 Å². The summed E-state index contributed by atoms with van der Waals surface area (Å²) in [6.07, 6.45) is 22.4. The largest absolute Gasteiger partial charge is 0.311 e. The van der Waals surface area contributed by atoms with Gasteiger partial charge in [-0.05, 0) is 50.4 Å². The lowest BCUT2D eigenvalue weighted by atomic mass is 9.81. The molecule has 1 rings (SSSR count). The van der Waals surface area contributed by atoms with E-state index in [2.05, 4.69) is 33.0 Å². The molecule has 1 nitrogen and oxygen atoms in total. The van der Waals surface area contributed by atoms with Crippen molar-refractivity contribution in [1.29, 1.82) is 0 Å². The molecule has 0 saturated heterocycles. The Hall–Kier alpha value is -0.0400. The molecule has 0 heterocycles. The van der Waals surface area contributed by atoms with Gasteiger partial charge in [0.1, 0.15) is 0 Å². The van der Waals surface area contributed by atoms with E-state index in [0.29, 0.717) is 0 Å². The van der Waals surface area contributed by atoms with Crippen molar-refractivity contribution >= 4 is 0 Å². The van der Waals surface area contributed by atoms with Gasteiger partial charge in [-0.25, -0.2) is 0 Å². The second kappa shape index (κ2) is 15.1. The lowest BCUT2D eigenvalue weighted by molar-refractivity contribution is 0.314. The highest BCUT2D eigenvalue weighted by atomic mass is 14.9. The van der Waals surface area contributed by atoms with Gasteiger partial charge >= 0.3 is 0 Å². The van der Waals surface area contributed by atoms with Gasteiger partial charge in [0, 0.05) is 12.1 Å². The lowest BCUT2D eigenvalue weighted by Gasteiger charge is -2.30. The van der Waals surface area contributed by atoms with Crippen molar-refractivity contribution in [3.05, 3.63) is 5.92 Å². The van der Waals surface area contributed by atoms with Gasteiger partial charge in [-0.15, -0.1) is 0 Å². The zero-order valence-corrected chi connectivity index (χ0v) is 18.0. The van der Waals surface area contributed by atoms with Crippen molar-refractivity contribution in [2.75, 3.05) is 0 Å². The van der Waals surface area contributed by atoms with Crippen molar-refractivity contribution in [1.82, 2.24) is 5.32 Å². The van der Waals surface area contributed by atoms with E-state index in [1.54, 1.807) is 0 Å². The number of hydrogen-bond donors (Lipinski definition) is 1. The average molecular weight is 351 g/mol. The highest BCUT2D eigenvalue weighted by molar-refractivity contribution is 4.95. The Morgan fingerprint density at radius 3 is 2.20 bits per heavy atom. The van der Waals surface area contributed by atoms with Crippen LogP contribution in [0.3, 0.4) is 0 Å². The Bertz CT molecular complexity index is 282. The number of hydrogen-bond acceptors (Lipinski definition) is 1. The van der Waals surface area contributed by atoms with E-state index >= 15 is 0 Å². The summed E-state index contributed by atoms with van der Waals surface area (Å²) in [5, 5.41) is 4.01. The molecule has 0 aromatic carbocycles. The number of unbranched alkanes of at least 4 members (excludes halogenated alkanes) is 4. The van der Waals surface area contributed by atoms with Crippen molar-refractivity contribution in [3.63, 3.8) is 0 Å². The van der Waals surface area contributed by atoms with Gasteiger partial charge in [-0.1, -0.05) is 91.9 Å². The molecule has 25 heavy (non-hydrogen) atoms. The van der Waals surface area contributed by atoms with Gasteiger partial charge in [-0.3, -0.25) is 0 Å². The van der Waals surface area contributed by atoms with E-state index in [1.165, 1.54) is 103 Å². The van der Waals surface area contributed by atoms with Crippen molar-refractivity contribution in [2.24, 2.45) is 5.92 Å². The van der Waals surface area contributed by atoms with E-state index in [4.69, 9.17) is 0 Å². The third-order valence-electron chi connectivity index (χ3n) is 6.42. The molecule has 1 saturated carbocycles. The Labute approximate surface area is 160 Å². The maximum atomic E-state index is 4.01.